The molecule has 4 nitrogen and oxygen atoms in total. The summed E-state index contributed by atoms with van der Waals surface area (Å²) >= 11 is 0. The van der Waals surface area contributed by atoms with Gasteiger partial charge in [-0.2, -0.15) is 0 Å². The van der Waals surface area contributed by atoms with Crippen molar-refractivity contribution >= 4 is 5.97 Å². The Labute approximate surface area is 115 Å². The number of nitrogens with zero attached hydrogens (tertiary/aromatic N) is 1. The highest BCUT2D eigenvalue weighted by molar-refractivity contribution is 5.80. The summed E-state index contributed by atoms with van der Waals surface area (Å²) in [6, 6.07) is 0.459. The van der Waals surface area contributed by atoms with Crippen LogP contribution in [0.2, 0.25) is 0 Å². The SMILES string of the molecule is CC1CCN(CC(NC2CC2)(C(=O)O)C2CC2)CC1. The predicted octanol–water partition coefficient (Wildman–Crippen LogP) is 1.70. The number of piperidine rings is 1. The minimum absolute atomic E-state index is 0.352. The van der Waals surface area contributed by atoms with Crippen molar-refractivity contribution in [1.29, 1.82) is 0 Å². The number of hydrogen-bond donors (Lipinski definition) is 2. The second-order valence-electron chi connectivity index (χ2n) is 6.93. The molecule has 0 radical (unpaired) electrons. The quantitative estimate of drug-likeness (QED) is 0.768. The lowest BCUT2D eigenvalue weighted by atomic mass is 9.90. The molecule has 3 fully saturated rings. The van der Waals surface area contributed by atoms with Gasteiger partial charge >= 0.3 is 5.97 Å². The standard InChI is InChI=1S/C15H26N2O2/c1-11-6-8-17(9-7-11)10-15(14(18)19,12-2-3-12)16-13-4-5-13/h11-13,16H,2-10H2,1H3,(H,18,19). The van der Waals surface area contributed by atoms with Crippen LogP contribution in [0, 0.1) is 11.8 Å². The van der Waals surface area contributed by atoms with Gasteiger partial charge in [-0.3, -0.25) is 10.1 Å². The van der Waals surface area contributed by atoms with Gasteiger partial charge in [-0.25, -0.2) is 0 Å². The van der Waals surface area contributed by atoms with Crippen molar-refractivity contribution in [3.63, 3.8) is 0 Å². The Bertz CT molecular complexity index is 344. The van der Waals surface area contributed by atoms with E-state index in [1.54, 1.807) is 0 Å². The molecule has 0 aromatic rings. The van der Waals surface area contributed by atoms with E-state index in [9.17, 15) is 9.90 Å². The third kappa shape index (κ3) is 2.95. The maximum Gasteiger partial charge on any atom is 0.325 e. The van der Waals surface area contributed by atoms with E-state index < -0.39 is 11.5 Å². The van der Waals surface area contributed by atoms with E-state index >= 15 is 0 Å². The summed E-state index contributed by atoms with van der Waals surface area (Å²) in [4.78, 5) is 14.3. The van der Waals surface area contributed by atoms with Gasteiger partial charge < -0.3 is 10.0 Å². The topological polar surface area (TPSA) is 52.6 Å². The van der Waals surface area contributed by atoms with E-state index in [1.165, 1.54) is 12.8 Å². The summed E-state index contributed by atoms with van der Waals surface area (Å²) in [7, 11) is 0. The minimum atomic E-state index is -0.665. The second kappa shape index (κ2) is 5.06. The molecule has 108 valence electrons. The first-order valence-electron chi connectivity index (χ1n) is 7.83. The number of aliphatic carboxylic acids is 1. The average molecular weight is 266 g/mol. The van der Waals surface area contributed by atoms with E-state index in [0.29, 0.717) is 18.5 Å². The van der Waals surface area contributed by atoms with Gasteiger partial charge in [0.2, 0.25) is 0 Å². The van der Waals surface area contributed by atoms with Gasteiger partial charge in [0.05, 0.1) is 0 Å². The van der Waals surface area contributed by atoms with E-state index in [-0.39, 0.29) is 0 Å². The van der Waals surface area contributed by atoms with Crippen molar-refractivity contribution in [3.8, 4) is 0 Å². The van der Waals surface area contributed by atoms with Crippen molar-refractivity contribution in [2.24, 2.45) is 11.8 Å². The Balaban J connectivity index is 1.68. The summed E-state index contributed by atoms with van der Waals surface area (Å²) in [6.07, 6.45) is 6.89. The van der Waals surface area contributed by atoms with Crippen molar-refractivity contribution in [2.75, 3.05) is 19.6 Å². The highest BCUT2D eigenvalue weighted by Crippen LogP contribution is 2.42. The molecule has 0 spiro atoms. The van der Waals surface area contributed by atoms with Crippen LogP contribution in [0.25, 0.3) is 0 Å². The van der Waals surface area contributed by atoms with Gasteiger partial charge in [-0.05, 0) is 63.5 Å². The average Bonchev–Trinajstić information content (AvgIpc) is 3.24. The highest BCUT2D eigenvalue weighted by Gasteiger charge is 2.54. The zero-order valence-electron chi connectivity index (χ0n) is 11.9. The summed E-state index contributed by atoms with van der Waals surface area (Å²) < 4.78 is 0. The molecule has 1 saturated heterocycles. The molecule has 1 atom stereocenters. The molecule has 0 aromatic heterocycles. The molecule has 1 unspecified atom stereocenters. The summed E-state index contributed by atoms with van der Waals surface area (Å²) in [5, 5.41) is 13.3. The lowest BCUT2D eigenvalue weighted by Crippen LogP contribution is -2.62. The number of carboxylic acid groups (broad SMARTS) is 1. The van der Waals surface area contributed by atoms with Crippen molar-refractivity contribution in [3.05, 3.63) is 0 Å². The third-order valence-electron chi connectivity index (χ3n) is 5.04. The fraction of sp³-hybridized carbons (Fsp3) is 0.933. The zero-order chi connectivity index (χ0) is 13.5. The van der Waals surface area contributed by atoms with Crippen LogP contribution in [0.3, 0.4) is 0 Å². The van der Waals surface area contributed by atoms with E-state index in [1.807, 2.05) is 0 Å². The molecule has 2 aliphatic carbocycles. The van der Waals surface area contributed by atoms with Gasteiger partial charge in [0.15, 0.2) is 0 Å². The summed E-state index contributed by atoms with van der Waals surface area (Å²) in [6.45, 7) is 5.13. The van der Waals surface area contributed by atoms with Crippen LogP contribution in [0.5, 0.6) is 0 Å². The fourth-order valence-corrected chi connectivity index (χ4v) is 3.34. The van der Waals surface area contributed by atoms with Gasteiger partial charge in [0.1, 0.15) is 5.54 Å². The van der Waals surface area contributed by atoms with Crippen molar-refractivity contribution in [2.45, 2.75) is 57.0 Å². The van der Waals surface area contributed by atoms with E-state index in [2.05, 4.69) is 17.1 Å². The van der Waals surface area contributed by atoms with Gasteiger partial charge in [-0.1, -0.05) is 6.92 Å². The third-order valence-corrected chi connectivity index (χ3v) is 5.04. The molecule has 4 heteroatoms. The first kappa shape index (κ1) is 13.4. The lowest BCUT2D eigenvalue weighted by molar-refractivity contribution is -0.147. The molecule has 3 rings (SSSR count). The summed E-state index contributed by atoms with van der Waals surface area (Å²) in [5.41, 5.74) is -0.665. The number of carbonyl (C=O) groups is 1. The molecular formula is C15H26N2O2. The second-order valence-corrected chi connectivity index (χ2v) is 6.93. The Morgan fingerprint density at radius 3 is 2.32 bits per heavy atom. The molecule has 19 heavy (non-hydrogen) atoms. The molecule has 2 N–H and O–H groups in total. The highest BCUT2D eigenvalue weighted by atomic mass is 16.4. The van der Waals surface area contributed by atoms with Gasteiger partial charge in [0.25, 0.3) is 0 Å². The Hall–Kier alpha value is -0.610. The molecule has 0 amide bonds. The van der Waals surface area contributed by atoms with Crippen LogP contribution in [0.4, 0.5) is 0 Å². The zero-order valence-corrected chi connectivity index (χ0v) is 11.9. The number of likely N-dealkylation sites (tertiary alicyclic amines) is 1. The molecule has 2 saturated carbocycles. The molecule has 0 aromatic carbocycles. The van der Waals surface area contributed by atoms with E-state index in [0.717, 1.165) is 44.7 Å². The van der Waals surface area contributed by atoms with E-state index in [4.69, 9.17) is 0 Å². The maximum absolute atomic E-state index is 11.9. The number of carboxylic acids is 1. The number of rotatable bonds is 6. The normalized spacial score (nSPS) is 29.1. The smallest absolute Gasteiger partial charge is 0.325 e. The van der Waals surface area contributed by atoms with Crippen molar-refractivity contribution in [1.82, 2.24) is 10.2 Å². The molecule has 1 aliphatic heterocycles. The first-order chi connectivity index (χ1) is 9.10. The Kier molecular flexibility index (Phi) is 3.56. The first-order valence-corrected chi connectivity index (χ1v) is 7.83. The minimum Gasteiger partial charge on any atom is -0.480 e. The Morgan fingerprint density at radius 2 is 1.84 bits per heavy atom. The van der Waals surface area contributed by atoms with Crippen LogP contribution < -0.4 is 5.32 Å². The molecule has 0 bridgehead atoms. The van der Waals surface area contributed by atoms with Crippen LogP contribution in [-0.4, -0.2) is 47.2 Å². The van der Waals surface area contributed by atoms with Gasteiger partial charge in [0, 0.05) is 12.6 Å². The summed E-state index contributed by atoms with van der Waals surface area (Å²) in [5.74, 6) is 0.526. The Morgan fingerprint density at radius 1 is 1.21 bits per heavy atom. The van der Waals surface area contributed by atoms with Crippen LogP contribution in [-0.2, 0) is 4.79 Å². The van der Waals surface area contributed by atoms with Crippen LogP contribution in [0.15, 0.2) is 0 Å². The van der Waals surface area contributed by atoms with Crippen molar-refractivity contribution < 1.29 is 9.90 Å². The fourth-order valence-electron chi connectivity index (χ4n) is 3.34. The largest absolute Gasteiger partial charge is 0.480 e. The number of nitrogens with one attached hydrogen (secondary N) is 1. The lowest BCUT2D eigenvalue weighted by Gasteiger charge is -2.39. The molecular weight excluding hydrogens is 240 g/mol. The monoisotopic (exact) mass is 266 g/mol. The van der Waals surface area contributed by atoms with Crippen LogP contribution in [0.1, 0.15) is 45.4 Å². The predicted molar refractivity (Wildman–Crippen MR) is 74.1 cm³/mol. The number of hydrogen-bond acceptors (Lipinski definition) is 3. The van der Waals surface area contributed by atoms with Crippen LogP contribution >= 0.6 is 0 Å². The van der Waals surface area contributed by atoms with Gasteiger partial charge in [-0.15, -0.1) is 0 Å². The molecule has 1 heterocycles. The maximum atomic E-state index is 11.9. The molecule has 3 aliphatic rings.